The molecule has 2 unspecified atom stereocenters. The molecule has 1 aromatic rings. The third kappa shape index (κ3) is 3.95. The zero-order chi connectivity index (χ0) is 14.5. The van der Waals surface area contributed by atoms with Crippen LogP contribution in [0.2, 0.25) is 0 Å². The summed E-state index contributed by atoms with van der Waals surface area (Å²) in [5.41, 5.74) is 0.634. The van der Waals surface area contributed by atoms with Gasteiger partial charge in [0.15, 0.2) is 0 Å². The average molecular weight is 275 g/mol. The van der Waals surface area contributed by atoms with Crippen LogP contribution in [0.15, 0.2) is 18.3 Å². The van der Waals surface area contributed by atoms with Gasteiger partial charge in [-0.15, -0.1) is 0 Å². The molecule has 1 aromatic heterocycles. The smallest absolute Gasteiger partial charge is 0.254 e. The van der Waals surface area contributed by atoms with Crippen LogP contribution in [0, 0.1) is 5.92 Å². The molecule has 20 heavy (non-hydrogen) atoms. The van der Waals surface area contributed by atoms with E-state index < -0.39 is 0 Å². The summed E-state index contributed by atoms with van der Waals surface area (Å²) in [5, 5.41) is 3.50. The number of carbonyl (C=O) groups excluding carboxylic acids is 1. The molecule has 0 radical (unpaired) electrons. The van der Waals surface area contributed by atoms with Crippen LogP contribution < -0.4 is 5.32 Å². The zero-order valence-electron chi connectivity index (χ0n) is 12.7. The van der Waals surface area contributed by atoms with Crippen molar-refractivity contribution in [3.63, 3.8) is 0 Å². The van der Waals surface area contributed by atoms with E-state index in [1.54, 1.807) is 25.2 Å². The fourth-order valence-corrected chi connectivity index (χ4v) is 2.70. The summed E-state index contributed by atoms with van der Waals surface area (Å²) in [6, 6.07) is 4.27. The van der Waals surface area contributed by atoms with Crippen molar-refractivity contribution in [2.24, 2.45) is 5.92 Å². The average Bonchev–Trinajstić information content (AvgIpc) is 2.64. The lowest BCUT2D eigenvalue weighted by molar-refractivity contribution is 0.0827. The standard InChI is InChI=1S/C16H25N3O/c1-12-5-4-6-14(9-7-12)18-15-10-8-13(11-17-15)16(20)19(2)3/h8,10-12,14H,4-7,9H2,1-3H3,(H,17,18). The number of aromatic nitrogens is 1. The van der Waals surface area contributed by atoms with Crippen molar-refractivity contribution < 1.29 is 4.79 Å². The van der Waals surface area contributed by atoms with Crippen LogP contribution in [-0.4, -0.2) is 35.9 Å². The molecule has 2 rings (SSSR count). The van der Waals surface area contributed by atoms with Gasteiger partial charge in [0.05, 0.1) is 5.56 Å². The maximum absolute atomic E-state index is 11.8. The highest BCUT2D eigenvalue weighted by atomic mass is 16.2. The number of hydrogen-bond donors (Lipinski definition) is 1. The van der Waals surface area contributed by atoms with Crippen LogP contribution in [0.4, 0.5) is 5.82 Å². The molecule has 0 aromatic carbocycles. The van der Waals surface area contributed by atoms with E-state index in [0.717, 1.165) is 11.7 Å². The normalized spacial score (nSPS) is 22.9. The first kappa shape index (κ1) is 14.8. The van der Waals surface area contributed by atoms with Gasteiger partial charge in [-0.3, -0.25) is 4.79 Å². The van der Waals surface area contributed by atoms with Gasteiger partial charge in [0, 0.05) is 26.3 Å². The number of anilines is 1. The summed E-state index contributed by atoms with van der Waals surface area (Å²) >= 11 is 0. The van der Waals surface area contributed by atoms with Gasteiger partial charge in [-0.2, -0.15) is 0 Å². The number of hydrogen-bond acceptors (Lipinski definition) is 3. The van der Waals surface area contributed by atoms with Gasteiger partial charge in [0.25, 0.3) is 5.91 Å². The summed E-state index contributed by atoms with van der Waals surface area (Å²) in [6.07, 6.45) is 7.99. The van der Waals surface area contributed by atoms with E-state index in [9.17, 15) is 4.79 Å². The molecule has 4 nitrogen and oxygen atoms in total. The quantitative estimate of drug-likeness (QED) is 0.862. The largest absolute Gasteiger partial charge is 0.367 e. The number of amides is 1. The molecule has 1 fully saturated rings. The zero-order valence-corrected chi connectivity index (χ0v) is 12.7. The minimum absolute atomic E-state index is 0.00709. The van der Waals surface area contributed by atoms with Crippen LogP contribution in [-0.2, 0) is 0 Å². The molecular formula is C16H25N3O. The Morgan fingerprint density at radius 1 is 1.25 bits per heavy atom. The van der Waals surface area contributed by atoms with Crippen LogP contribution >= 0.6 is 0 Å². The monoisotopic (exact) mass is 275 g/mol. The number of nitrogens with one attached hydrogen (secondary N) is 1. The molecule has 1 aliphatic rings. The highest BCUT2D eigenvalue weighted by Gasteiger charge is 2.16. The molecule has 1 heterocycles. The highest BCUT2D eigenvalue weighted by Crippen LogP contribution is 2.24. The number of carbonyl (C=O) groups is 1. The molecular weight excluding hydrogens is 250 g/mol. The highest BCUT2D eigenvalue weighted by molar-refractivity contribution is 5.93. The predicted octanol–water partition coefficient (Wildman–Crippen LogP) is 3.16. The van der Waals surface area contributed by atoms with Gasteiger partial charge >= 0.3 is 0 Å². The first-order valence-corrected chi connectivity index (χ1v) is 7.50. The molecule has 0 aliphatic heterocycles. The van der Waals surface area contributed by atoms with Crippen molar-refractivity contribution >= 4 is 11.7 Å². The second-order valence-corrected chi connectivity index (χ2v) is 6.09. The van der Waals surface area contributed by atoms with Crippen LogP contribution in [0.5, 0.6) is 0 Å². The topological polar surface area (TPSA) is 45.2 Å². The summed E-state index contributed by atoms with van der Waals surface area (Å²) in [5.74, 6) is 1.71. The van der Waals surface area contributed by atoms with E-state index in [-0.39, 0.29) is 5.91 Å². The molecule has 0 spiro atoms. The SMILES string of the molecule is CC1CCCC(Nc2ccc(C(=O)N(C)C)cn2)CC1. The Kier molecular flexibility index (Phi) is 4.99. The summed E-state index contributed by atoms with van der Waals surface area (Å²) < 4.78 is 0. The van der Waals surface area contributed by atoms with E-state index in [4.69, 9.17) is 0 Å². The first-order chi connectivity index (χ1) is 9.56. The summed E-state index contributed by atoms with van der Waals surface area (Å²) in [7, 11) is 3.50. The predicted molar refractivity (Wildman–Crippen MR) is 81.9 cm³/mol. The lowest BCUT2D eigenvalue weighted by Crippen LogP contribution is -2.22. The van der Waals surface area contributed by atoms with E-state index >= 15 is 0 Å². The van der Waals surface area contributed by atoms with Crippen LogP contribution in [0.1, 0.15) is 49.4 Å². The summed E-state index contributed by atoms with van der Waals surface area (Å²) in [6.45, 7) is 2.34. The second-order valence-electron chi connectivity index (χ2n) is 6.09. The molecule has 0 bridgehead atoms. The van der Waals surface area contributed by atoms with Gasteiger partial charge in [-0.1, -0.05) is 19.8 Å². The molecule has 4 heteroatoms. The Labute approximate surface area is 121 Å². The Hall–Kier alpha value is -1.58. The molecule has 1 aliphatic carbocycles. The van der Waals surface area contributed by atoms with Gasteiger partial charge < -0.3 is 10.2 Å². The van der Waals surface area contributed by atoms with Gasteiger partial charge in [0.1, 0.15) is 5.82 Å². The maximum Gasteiger partial charge on any atom is 0.254 e. The van der Waals surface area contributed by atoms with Crippen molar-refractivity contribution in [2.75, 3.05) is 19.4 Å². The third-order valence-corrected chi connectivity index (χ3v) is 4.03. The third-order valence-electron chi connectivity index (χ3n) is 4.03. The van der Waals surface area contributed by atoms with Crippen LogP contribution in [0.3, 0.4) is 0 Å². The summed E-state index contributed by atoms with van der Waals surface area (Å²) in [4.78, 5) is 17.7. The molecule has 1 N–H and O–H groups in total. The molecule has 1 amide bonds. The van der Waals surface area contributed by atoms with Crippen LogP contribution in [0.25, 0.3) is 0 Å². The minimum Gasteiger partial charge on any atom is -0.367 e. The van der Waals surface area contributed by atoms with Gasteiger partial charge in [0.2, 0.25) is 0 Å². The fourth-order valence-electron chi connectivity index (χ4n) is 2.70. The Morgan fingerprint density at radius 3 is 2.70 bits per heavy atom. The number of rotatable bonds is 3. The Bertz CT molecular complexity index is 442. The lowest BCUT2D eigenvalue weighted by Gasteiger charge is -2.17. The van der Waals surface area contributed by atoms with E-state index in [1.807, 2.05) is 12.1 Å². The van der Waals surface area contributed by atoms with E-state index in [0.29, 0.717) is 11.6 Å². The van der Waals surface area contributed by atoms with Crippen molar-refractivity contribution in [2.45, 2.75) is 45.1 Å². The molecule has 110 valence electrons. The second kappa shape index (κ2) is 6.73. The Balaban J connectivity index is 1.95. The molecule has 0 saturated heterocycles. The van der Waals surface area contributed by atoms with E-state index in [1.165, 1.54) is 32.1 Å². The lowest BCUT2D eigenvalue weighted by atomic mass is 10.0. The minimum atomic E-state index is -0.00709. The van der Waals surface area contributed by atoms with Crippen molar-refractivity contribution in [1.82, 2.24) is 9.88 Å². The maximum atomic E-state index is 11.8. The number of nitrogens with zero attached hydrogens (tertiary/aromatic N) is 2. The molecule has 2 atom stereocenters. The van der Waals surface area contributed by atoms with Gasteiger partial charge in [-0.25, -0.2) is 4.98 Å². The van der Waals surface area contributed by atoms with Gasteiger partial charge in [-0.05, 0) is 37.3 Å². The fraction of sp³-hybridized carbons (Fsp3) is 0.625. The van der Waals surface area contributed by atoms with E-state index in [2.05, 4.69) is 17.2 Å². The number of pyridine rings is 1. The molecule has 1 saturated carbocycles. The Morgan fingerprint density at radius 2 is 2.05 bits per heavy atom. The van der Waals surface area contributed by atoms with Crippen molar-refractivity contribution in [3.05, 3.63) is 23.9 Å². The van der Waals surface area contributed by atoms with Crippen molar-refractivity contribution in [1.29, 1.82) is 0 Å². The first-order valence-electron chi connectivity index (χ1n) is 7.50. The van der Waals surface area contributed by atoms with Crippen molar-refractivity contribution in [3.8, 4) is 0 Å².